The van der Waals surface area contributed by atoms with E-state index in [4.69, 9.17) is 11.6 Å². The number of benzene rings is 1. The van der Waals surface area contributed by atoms with Gasteiger partial charge in [0.15, 0.2) is 11.6 Å². The maximum Gasteiger partial charge on any atom is 0.326 e. The molecule has 3 rings (SSSR count). The molecule has 3 aromatic rings. The third-order valence-corrected chi connectivity index (χ3v) is 3.46. The van der Waals surface area contributed by atoms with Crippen LogP contribution in [0.4, 0.5) is 14.5 Å². The Hall–Kier alpha value is -2.41. The maximum atomic E-state index is 13.4. The van der Waals surface area contributed by atoms with E-state index in [-0.39, 0.29) is 24.5 Å². The molecule has 2 aromatic heterocycles. The average Bonchev–Trinajstić information content (AvgIpc) is 2.77. The van der Waals surface area contributed by atoms with Crippen LogP contribution in [0.25, 0.3) is 11.0 Å². The smallest absolute Gasteiger partial charge is 0.326 e. The predicted molar refractivity (Wildman–Crippen MR) is 80.2 cm³/mol. The second kappa shape index (κ2) is 5.76. The summed E-state index contributed by atoms with van der Waals surface area (Å²) in [6, 6.07) is 5.02. The first kappa shape index (κ1) is 14.5. The van der Waals surface area contributed by atoms with Crippen molar-refractivity contribution >= 4 is 28.3 Å². The molecule has 0 radical (unpaired) electrons. The molecule has 0 atom stereocenters. The van der Waals surface area contributed by atoms with Crippen LogP contribution in [0, 0.1) is 11.6 Å². The zero-order valence-corrected chi connectivity index (χ0v) is 12.0. The van der Waals surface area contributed by atoms with Gasteiger partial charge in [-0.15, -0.1) is 0 Å². The summed E-state index contributed by atoms with van der Waals surface area (Å²) < 4.78 is 28.3. The van der Waals surface area contributed by atoms with E-state index in [0.717, 1.165) is 12.4 Å². The van der Waals surface area contributed by atoms with Crippen LogP contribution in [0.5, 0.6) is 0 Å². The number of imidazole rings is 1. The standard InChI is InChI=1S/C14H11ClF2N4O/c15-8-1-2-12-11(5-8)20-14(22)21(12)4-3-19-13-9(16)6-18-7-10(13)17/h1-2,5-7H,3-4H2,(H,18,19)(H,20,22). The molecule has 0 fully saturated rings. The summed E-state index contributed by atoms with van der Waals surface area (Å²) in [5, 5.41) is 3.15. The highest BCUT2D eigenvalue weighted by atomic mass is 35.5. The number of hydrogen-bond donors (Lipinski definition) is 2. The van der Waals surface area contributed by atoms with Crippen LogP contribution in [-0.4, -0.2) is 21.1 Å². The van der Waals surface area contributed by atoms with Gasteiger partial charge in [0, 0.05) is 18.1 Å². The lowest BCUT2D eigenvalue weighted by atomic mass is 10.3. The van der Waals surface area contributed by atoms with Crippen LogP contribution >= 0.6 is 11.6 Å². The summed E-state index contributed by atoms with van der Waals surface area (Å²) in [4.78, 5) is 18.0. The Morgan fingerprint density at radius 1 is 1.27 bits per heavy atom. The quantitative estimate of drug-likeness (QED) is 0.775. The molecule has 5 nitrogen and oxygen atoms in total. The minimum Gasteiger partial charge on any atom is -0.378 e. The molecule has 2 N–H and O–H groups in total. The lowest BCUT2D eigenvalue weighted by molar-refractivity contribution is 0.576. The number of aromatic amines is 1. The van der Waals surface area contributed by atoms with Crippen molar-refractivity contribution in [3.8, 4) is 0 Å². The number of halogens is 3. The summed E-state index contributed by atoms with van der Waals surface area (Å²) >= 11 is 5.87. The largest absolute Gasteiger partial charge is 0.378 e. The zero-order chi connectivity index (χ0) is 15.7. The molecular weight excluding hydrogens is 314 g/mol. The van der Waals surface area contributed by atoms with Crippen molar-refractivity contribution in [1.82, 2.24) is 14.5 Å². The van der Waals surface area contributed by atoms with Gasteiger partial charge in [-0.05, 0) is 18.2 Å². The predicted octanol–water partition coefficient (Wildman–Crippen LogP) is 2.77. The van der Waals surface area contributed by atoms with Crippen molar-refractivity contribution in [1.29, 1.82) is 0 Å². The second-order valence-corrected chi connectivity index (χ2v) is 5.08. The normalized spacial score (nSPS) is 11.0. The van der Waals surface area contributed by atoms with Gasteiger partial charge in [0.05, 0.1) is 23.4 Å². The lowest BCUT2D eigenvalue weighted by Gasteiger charge is -2.09. The fourth-order valence-electron chi connectivity index (χ4n) is 2.23. The minimum atomic E-state index is -0.780. The minimum absolute atomic E-state index is 0.174. The van der Waals surface area contributed by atoms with Crippen LogP contribution in [-0.2, 0) is 6.54 Å². The van der Waals surface area contributed by atoms with Crippen molar-refractivity contribution in [3.63, 3.8) is 0 Å². The first-order chi connectivity index (χ1) is 10.6. The Labute approximate surface area is 128 Å². The third kappa shape index (κ3) is 2.67. The summed E-state index contributed by atoms with van der Waals surface area (Å²) in [7, 11) is 0. The zero-order valence-electron chi connectivity index (χ0n) is 11.2. The topological polar surface area (TPSA) is 62.7 Å². The van der Waals surface area contributed by atoms with Gasteiger partial charge in [0.2, 0.25) is 0 Å². The first-order valence-corrected chi connectivity index (χ1v) is 6.85. The number of nitrogens with one attached hydrogen (secondary N) is 2. The summed E-state index contributed by atoms with van der Waals surface area (Å²) in [5.74, 6) is -1.56. The number of anilines is 1. The van der Waals surface area contributed by atoms with Crippen molar-refractivity contribution < 1.29 is 8.78 Å². The molecule has 0 aliphatic rings. The number of rotatable bonds is 4. The van der Waals surface area contributed by atoms with Crippen molar-refractivity contribution in [2.24, 2.45) is 0 Å². The van der Waals surface area contributed by atoms with Gasteiger partial charge in [-0.1, -0.05) is 11.6 Å². The van der Waals surface area contributed by atoms with Gasteiger partial charge in [0.1, 0.15) is 5.69 Å². The highest BCUT2D eigenvalue weighted by Crippen LogP contribution is 2.18. The monoisotopic (exact) mass is 324 g/mol. The number of hydrogen-bond acceptors (Lipinski definition) is 3. The molecular formula is C14H11ClF2N4O. The first-order valence-electron chi connectivity index (χ1n) is 6.47. The molecule has 0 unspecified atom stereocenters. The number of fused-ring (bicyclic) bond motifs is 1. The molecule has 22 heavy (non-hydrogen) atoms. The van der Waals surface area contributed by atoms with E-state index in [0.29, 0.717) is 16.1 Å². The molecule has 0 amide bonds. The summed E-state index contributed by atoms with van der Waals surface area (Å²) in [5.41, 5.74) is 0.714. The van der Waals surface area contributed by atoms with Gasteiger partial charge < -0.3 is 10.3 Å². The highest BCUT2D eigenvalue weighted by Gasteiger charge is 2.10. The van der Waals surface area contributed by atoms with E-state index >= 15 is 0 Å². The van der Waals surface area contributed by atoms with Gasteiger partial charge in [-0.2, -0.15) is 0 Å². The molecule has 0 bridgehead atoms. The van der Waals surface area contributed by atoms with Crippen LogP contribution in [0.15, 0.2) is 35.4 Å². The van der Waals surface area contributed by atoms with Gasteiger partial charge in [-0.3, -0.25) is 9.55 Å². The van der Waals surface area contributed by atoms with Crippen molar-refractivity contribution in [2.75, 3.05) is 11.9 Å². The van der Waals surface area contributed by atoms with Crippen molar-refractivity contribution in [3.05, 3.63) is 57.7 Å². The Kier molecular flexibility index (Phi) is 3.81. The van der Waals surface area contributed by atoms with Gasteiger partial charge in [-0.25, -0.2) is 13.6 Å². The van der Waals surface area contributed by atoms with E-state index in [1.807, 2.05) is 0 Å². The molecule has 8 heteroatoms. The maximum absolute atomic E-state index is 13.4. The van der Waals surface area contributed by atoms with Crippen LogP contribution < -0.4 is 11.0 Å². The fraction of sp³-hybridized carbons (Fsp3) is 0.143. The van der Waals surface area contributed by atoms with E-state index in [2.05, 4.69) is 15.3 Å². The Balaban J connectivity index is 1.80. The molecule has 1 aromatic carbocycles. The van der Waals surface area contributed by atoms with E-state index in [1.54, 1.807) is 18.2 Å². The van der Waals surface area contributed by atoms with Crippen molar-refractivity contribution in [2.45, 2.75) is 6.54 Å². The lowest BCUT2D eigenvalue weighted by Crippen LogP contribution is -2.21. The SMILES string of the molecule is O=c1[nH]c2cc(Cl)ccc2n1CCNc1c(F)cncc1F. The molecule has 0 aliphatic carbocycles. The molecule has 0 aliphatic heterocycles. The van der Waals surface area contributed by atoms with E-state index in [1.165, 1.54) is 4.57 Å². The Morgan fingerprint density at radius 2 is 2.00 bits per heavy atom. The number of nitrogens with zero attached hydrogens (tertiary/aromatic N) is 2. The number of pyridine rings is 1. The van der Waals surface area contributed by atoms with Gasteiger partial charge in [0.25, 0.3) is 0 Å². The van der Waals surface area contributed by atoms with Crippen LogP contribution in [0.1, 0.15) is 0 Å². The van der Waals surface area contributed by atoms with E-state index in [9.17, 15) is 13.6 Å². The number of H-pyrrole nitrogens is 1. The van der Waals surface area contributed by atoms with Gasteiger partial charge >= 0.3 is 5.69 Å². The van der Waals surface area contributed by atoms with Crippen LogP contribution in [0.2, 0.25) is 5.02 Å². The summed E-state index contributed by atoms with van der Waals surface area (Å²) in [6.07, 6.45) is 1.84. The molecule has 2 heterocycles. The summed E-state index contributed by atoms with van der Waals surface area (Å²) in [6.45, 7) is 0.412. The third-order valence-electron chi connectivity index (χ3n) is 3.23. The average molecular weight is 325 g/mol. The van der Waals surface area contributed by atoms with E-state index < -0.39 is 11.6 Å². The molecule has 0 saturated carbocycles. The molecule has 0 saturated heterocycles. The number of aromatic nitrogens is 3. The fourth-order valence-corrected chi connectivity index (χ4v) is 2.40. The molecule has 114 valence electrons. The van der Waals surface area contributed by atoms with Crippen LogP contribution in [0.3, 0.4) is 0 Å². The Bertz CT molecular complexity index is 870. The second-order valence-electron chi connectivity index (χ2n) is 4.65. The Morgan fingerprint density at radius 3 is 2.73 bits per heavy atom. The molecule has 0 spiro atoms. The highest BCUT2D eigenvalue weighted by molar-refractivity contribution is 6.31.